The molecule has 1 aliphatic rings. The van der Waals surface area contributed by atoms with E-state index in [0.29, 0.717) is 16.9 Å². The average Bonchev–Trinajstić information content (AvgIpc) is 2.25. The van der Waals surface area contributed by atoms with Crippen LogP contribution in [0.4, 0.5) is 0 Å². The van der Waals surface area contributed by atoms with Crippen LogP contribution < -0.4 is 10.5 Å². The number of rotatable bonds is 1. The second kappa shape index (κ2) is 4.88. The topological polar surface area (TPSA) is 72.6 Å². The molecule has 0 fully saturated rings. The predicted molar refractivity (Wildman–Crippen MR) is 71.3 cm³/mol. The van der Waals surface area contributed by atoms with Crippen molar-refractivity contribution in [1.82, 2.24) is 0 Å². The second-order valence-corrected chi connectivity index (χ2v) is 4.98. The van der Waals surface area contributed by atoms with E-state index in [1.807, 2.05) is 0 Å². The normalized spacial score (nSPS) is 24.5. The Bertz CT molecular complexity index is 473. The lowest BCUT2D eigenvalue weighted by Crippen LogP contribution is -2.51. The molecule has 0 unspecified atom stereocenters. The molecule has 0 saturated carbocycles. The first kappa shape index (κ1) is 15.0. The van der Waals surface area contributed by atoms with Crippen molar-refractivity contribution in [3.05, 3.63) is 29.3 Å². The Morgan fingerprint density at radius 1 is 1.44 bits per heavy atom. The summed E-state index contributed by atoms with van der Waals surface area (Å²) in [5.74, 6) is 0.608. The molecular weight excluding hydrogens is 254 g/mol. The van der Waals surface area contributed by atoms with E-state index in [0.717, 1.165) is 0 Å². The maximum absolute atomic E-state index is 11.3. The molecule has 1 aromatic rings. The van der Waals surface area contributed by atoms with E-state index in [2.05, 4.69) is 0 Å². The van der Waals surface area contributed by atoms with Crippen LogP contribution in [0.25, 0.3) is 0 Å². The summed E-state index contributed by atoms with van der Waals surface area (Å²) in [4.78, 5) is 11.3. The lowest BCUT2D eigenvalue weighted by Gasteiger charge is -2.40. The minimum Gasteiger partial charge on any atom is -0.485 e. The molecule has 0 bridgehead atoms. The molecule has 5 heteroatoms. The Balaban J connectivity index is 0.00000162. The summed E-state index contributed by atoms with van der Waals surface area (Å²) in [7, 11) is 0. The van der Waals surface area contributed by atoms with Crippen LogP contribution in [0.2, 0.25) is 0 Å². The van der Waals surface area contributed by atoms with Crippen molar-refractivity contribution in [2.45, 2.75) is 38.5 Å². The molecule has 2 rings (SSSR count). The van der Waals surface area contributed by atoms with Gasteiger partial charge in [-0.3, -0.25) is 4.79 Å². The van der Waals surface area contributed by atoms with Gasteiger partial charge >= 0.3 is 0 Å². The molecule has 4 nitrogen and oxygen atoms in total. The van der Waals surface area contributed by atoms with E-state index in [1.54, 1.807) is 32.0 Å². The van der Waals surface area contributed by atoms with E-state index < -0.39 is 17.7 Å². The molecule has 1 aromatic carbocycles. The van der Waals surface area contributed by atoms with Crippen LogP contribution >= 0.6 is 12.4 Å². The molecule has 2 atom stereocenters. The minimum absolute atomic E-state index is 0. The molecule has 0 aromatic heterocycles. The van der Waals surface area contributed by atoms with Gasteiger partial charge in [-0.15, -0.1) is 12.4 Å². The first-order valence-corrected chi connectivity index (χ1v) is 5.60. The molecular formula is C13H18ClNO3. The fraction of sp³-hybridized carbons (Fsp3) is 0.462. The average molecular weight is 272 g/mol. The van der Waals surface area contributed by atoms with Crippen molar-refractivity contribution in [2.75, 3.05) is 0 Å². The lowest BCUT2D eigenvalue weighted by molar-refractivity contribution is -0.0571. The standard InChI is InChI=1S/C13H17NO3.ClH/c1-7(15)8-4-5-10-9(6-8)11(14)12(16)13(2,3)17-10;/h4-6,11-12,16H,14H2,1-3H3;1H/t11-,12+;/m0./s1. The molecule has 1 heterocycles. The van der Waals surface area contributed by atoms with Crippen LogP contribution in [0.3, 0.4) is 0 Å². The number of ketones is 1. The Labute approximate surface area is 113 Å². The Hall–Kier alpha value is -1.10. The quantitative estimate of drug-likeness (QED) is 0.765. The number of carbonyl (C=O) groups excluding carboxylic acids is 1. The molecule has 0 spiro atoms. The van der Waals surface area contributed by atoms with Crippen molar-refractivity contribution in [2.24, 2.45) is 5.73 Å². The summed E-state index contributed by atoms with van der Waals surface area (Å²) in [5, 5.41) is 10.0. The van der Waals surface area contributed by atoms with Gasteiger partial charge in [-0.25, -0.2) is 0 Å². The van der Waals surface area contributed by atoms with Gasteiger partial charge in [0.25, 0.3) is 0 Å². The number of halogens is 1. The summed E-state index contributed by atoms with van der Waals surface area (Å²) in [6.45, 7) is 5.08. The van der Waals surface area contributed by atoms with Crippen molar-refractivity contribution >= 4 is 18.2 Å². The van der Waals surface area contributed by atoms with Gasteiger partial charge in [0.1, 0.15) is 17.5 Å². The first-order chi connectivity index (χ1) is 7.83. The van der Waals surface area contributed by atoms with Gasteiger partial charge in [-0.1, -0.05) is 0 Å². The van der Waals surface area contributed by atoms with Gasteiger partial charge in [-0.2, -0.15) is 0 Å². The van der Waals surface area contributed by atoms with Crippen LogP contribution in [0, 0.1) is 0 Å². The van der Waals surface area contributed by atoms with E-state index >= 15 is 0 Å². The maximum atomic E-state index is 11.3. The molecule has 1 aliphatic heterocycles. The number of benzene rings is 1. The van der Waals surface area contributed by atoms with E-state index in [4.69, 9.17) is 10.5 Å². The third-order valence-corrected chi connectivity index (χ3v) is 3.20. The van der Waals surface area contributed by atoms with Crippen molar-refractivity contribution in [1.29, 1.82) is 0 Å². The zero-order chi connectivity index (χ0) is 12.8. The molecule has 3 N–H and O–H groups in total. The van der Waals surface area contributed by atoms with Gasteiger partial charge < -0.3 is 15.6 Å². The van der Waals surface area contributed by atoms with E-state index in [9.17, 15) is 9.90 Å². The lowest BCUT2D eigenvalue weighted by atomic mass is 9.86. The molecule has 100 valence electrons. The van der Waals surface area contributed by atoms with Crippen LogP contribution in [0.15, 0.2) is 18.2 Å². The Kier molecular flexibility index (Phi) is 4.05. The maximum Gasteiger partial charge on any atom is 0.159 e. The fourth-order valence-electron chi connectivity index (χ4n) is 2.07. The third-order valence-electron chi connectivity index (χ3n) is 3.20. The zero-order valence-electron chi connectivity index (χ0n) is 10.6. The highest BCUT2D eigenvalue weighted by Gasteiger charge is 2.41. The van der Waals surface area contributed by atoms with Crippen LogP contribution in [0.1, 0.15) is 42.7 Å². The number of Topliss-reactive ketones (excluding diaryl/α,β-unsaturated/α-hetero) is 1. The largest absolute Gasteiger partial charge is 0.485 e. The minimum atomic E-state index is -0.794. The predicted octanol–water partition coefficient (Wildman–Crippen LogP) is 1.84. The summed E-state index contributed by atoms with van der Waals surface area (Å²) in [6.07, 6.45) is -0.794. The number of aliphatic hydroxyl groups excluding tert-OH is 1. The number of carbonyl (C=O) groups is 1. The van der Waals surface area contributed by atoms with Gasteiger partial charge in [-0.05, 0) is 39.0 Å². The monoisotopic (exact) mass is 271 g/mol. The molecule has 0 amide bonds. The number of hydrogen-bond acceptors (Lipinski definition) is 4. The summed E-state index contributed by atoms with van der Waals surface area (Å²) >= 11 is 0. The summed E-state index contributed by atoms with van der Waals surface area (Å²) in [6, 6.07) is 4.61. The van der Waals surface area contributed by atoms with Gasteiger partial charge in [0, 0.05) is 11.1 Å². The van der Waals surface area contributed by atoms with Crippen LogP contribution in [-0.4, -0.2) is 22.6 Å². The van der Waals surface area contributed by atoms with Crippen molar-refractivity contribution in [3.63, 3.8) is 0 Å². The Morgan fingerprint density at radius 3 is 2.61 bits per heavy atom. The highest BCUT2D eigenvalue weighted by Crippen LogP contribution is 2.38. The molecule has 0 saturated heterocycles. The zero-order valence-corrected chi connectivity index (χ0v) is 11.5. The molecule has 0 radical (unpaired) electrons. The van der Waals surface area contributed by atoms with E-state index in [-0.39, 0.29) is 18.2 Å². The van der Waals surface area contributed by atoms with Gasteiger partial charge in [0.15, 0.2) is 5.78 Å². The number of ether oxygens (including phenoxy) is 1. The highest BCUT2D eigenvalue weighted by molar-refractivity contribution is 5.94. The number of nitrogens with two attached hydrogens (primary N) is 1. The van der Waals surface area contributed by atoms with E-state index in [1.165, 1.54) is 6.92 Å². The van der Waals surface area contributed by atoms with Crippen molar-refractivity contribution in [3.8, 4) is 5.75 Å². The third kappa shape index (κ3) is 2.36. The summed E-state index contributed by atoms with van der Waals surface area (Å²) < 4.78 is 5.70. The van der Waals surface area contributed by atoms with Crippen LogP contribution in [0.5, 0.6) is 5.75 Å². The highest BCUT2D eigenvalue weighted by atomic mass is 35.5. The van der Waals surface area contributed by atoms with Crippen LogP contribution in [-0.2, 0) is 0 Å². The van der Waals surface area contributed by atoms with Crippen molar-refractivity contribution < 1.29 is 14.6 Å². The number of aliphatic hydroxyl groups is 1. The van der Waals surface area contributed by atoms with Gasteiger partial charge in [0.2, 0.25) is 0 Å². The fourth-order valence-corrected chi connectivity index (χ4v) is 2.07. The SMILES string of the molecule is CC(=O)c1ccc2c(c1)[C@H](N)[C@@H](O)C(C)(C)O2.Cl. The number of hydrogen-bond donors (Lipinski definition) is 2. The molecule has 18 heavy (non-hydrogen) atoms. The molecule has 0 aliphatic carbocycles. The van der Waals surface area contributed by atoms with Gasteiger partial charge in [0.05, 0.1) is 6.04 Å². The number of fused-ring (bicyclic) bond motifs is 1. The Morgan fingerprint density at radius 2 is 2.06 bits per heavy atom. The smallest absolute Gasteiger partial charge is 0.159 e. The summed E-state index contributed by atoms with van der Waals surface area (Å²) in [5.41, 5.74) is 6.54. The second-order valence-electron chi connectivity index (χ2n) is 4.98. The first-order valence-electron chi connectivity index (χ1n) is 5.60.